The molecular weight excluding hydrogens is 276 g/mol. The molecule has 0 saturated carbocycles. The number of hydrogen-bond donors (Lipinski definition) is 1. The molecule has 20 heavy (non-hydrogen) atoms. The van der Waals surface area contributed by atoms with Crippen molar-refractivity contribution in [1.29, 1.82) is 0 Å². The van der Waals surface area contributed by atoms with Gasteiger partial charge in [-0.3, -0.25) is 4.79 Å². The number of nitrogens with one attached hydrogen (secondary N) is 1. The zero-order valence-corrected chi connectivity index (χ0v) is 13.5. The number of thioether (sulfide) groups is 1. The van der Waals surface area contributed by atoms with Gasteiger partial charge in [0.05, 0.1) is 16.7 Å². The lowest BCUT2D eigenvalue weighted by atomic mass is 9.87. The molecule has 0 radical (unpaired) electrons. The Morgan fingerprint density at radius 2 is 2.10 bits per heavy atom. The van der Waals surface area contributed by atoms with Crippen molar-refractivity contribution in [2.75, 3.05) is 20.1 Å². The molecule has 2 heterocycles. The summed E-state index contributed by atoms with van der Waals surface area (Å²) >= 11 is 1.47. The smallest absolute Gasteiger partial charge is 0.337 e. The van der Waals surface area contributed by atoms with Gasteiger partial charge in [0, 0.05) is 25.6 Å². The van der Waals surface area contributed by atoms with E-state index in [-0.39, 0.29) is 28.6 Å². The first-order valence-corrected chi connectivity index (χ1v) is 7.73. The summed E-state index contributed by atoms with van der Waals surface area (Å²) in [6.45, 7) is 9.19. The molecule has 1 atom stereocenters. The highest BCUT2D eigenvalue weighted by atomic mass is 32.2. The van der Waals surface area contributed by atoms with Crippen LogP contribution in [0, 0.1) is 5.41 Å². The standard InChI is InChI=1S/C14H22N2O3S/c1-8(2)19-13(18)10-12-16(7-14(10,3)4)6-9(20-12)11(17)15-5/h8-9H,6-7H2,1-5H3,(H,15,17). The van der Waals surface area contributed by atoms with E-state index >= 15 is 0 Å². The Morgan fingerprint density at radius 1 is 1.45 bits per heavy atom. The van der Waals surface area contributed by atoms with Crippen molar-refractivity contribution < 1.29 is 14.3 Å². The fraction of sp³-hybridized carbons (Fsp3) is 0.714. The first kappa shape index (κ1) is 15.2. The fourth-order valence-electron chi connectivity index (χ4n) is 2.66. The summed E-state index contributed by atoms with van der Waals surface area (Å²) in [5, 5.41) is 3.43. The van der Waals surface area contributed by atoms with Crippen LogP contribution in [0.4, 0.5) is 0 Å². The van der Waals surface area contributed by atoms with Crippen LogP contribution < -0.4 is 5.32 Å². The zero-order chi connectivity index (χ0) is 15.1. The predicted molar refractivity (Wildman–Crippen MR) is 79.1 cm³/mol. The van der Waals surface area contributed by atoms with E-state index in [9.17, 15) is 9.59 Å². The van der Waals surface area contributed by atoms with Crippen LogP contribution in [0.5, 0.6) is 0 Å². The van der Waals surface area contributed by atoms with Crippen molar-refractivity contribution in [2.45, 2.75) is 39.0 Å². The molecule has 1 N–H and O–H groups in total. The van der Waals surface area contributed by atoms with Crippen LogP contribution in [-0.2, 0) is 14.3 Å². The van der Waals surface area contributed by atoms with Crippen LogP contribution in [0.2, 0.25) is 0 Å². The third-order valence-corrected chi connectivity index (χ3v) is 4.82. The van der Waals surface area contributed by atoms with Crippen molar-refractivity contribution in [2.24, 2.45) is 5.41 Å². The lowest BCUT2D eigenvalue weighted by Crippen LogP contribution is -2.35. The summed E-state index contributed by atoms with van der Waals surface area (Å²) in [6, 6.07) is 0. The Balaban J connectivity index is 2.28. The maximum absolute atomic E-state index is 12.3. The number of fused-ring (bicyclic) bond motifs is 1. The van der Waals surface area contributed by atoms with Crippen LogP contribution in [0.15, 0.2) is 10.6 Å². The minimum Gasteiger partial charge on any atom is -0.460 e. The molecule has 5 nitrogen and oxygen atoms in total. The van der Waals surface area contributed by atoms with Crippen LogP contribution in [-0.4, -0.2) is 48.3 Å². The Bertz CT molecular complexity index is 471. The summed E-state index contributed by atoms with van der Waals surface area (Å²) in [6.07, 6.45) is -0.137. The number of hydrogen-bond acceptors (Lipinski definition) is 5. The van der Waals surface area contributed by atoms with E-state index in [1.165, 1.54) is 11.8 Å². The van der Waals surface area contributed by atoms with E-state index in [1.807, 2.05) is 27.7 Å². The Labute approximate surface area is 124 Å². The van der Waals surface area contributed by atoms with Gasteiger partial charge in [0.15, 0.2) is 0 Å². The Kier molecular flexibility index (Phi) is 4.04. The number of ether oxygens (including phenoxy) is 1. The zero-order valence-electron chi connectivity index (χ0n) is 12.6. The maximum atomic E-state index is 12.3. The van der Waals surface area contributed by atoms with Gasteiger partial charge < -0.3 is 15.0 Å². The highest BCUT2D eigenvalue weighted by Crippen LogP contribution is 2.49. The van der Waals surface area contributed by atoms with Gasteiger partial charge in [-0.05, 0) is 13.8 Å². The molecule has 0 aliphatic carbocycles. The number of rotatable bonds is 3. The highest BCUT2D eigenvalue weighted by Gasteiger charge is 2.48. The quantitative estimate of drug-likeness (QED) is 0.797. The Hall–Kier alpha value is -1.17. The molecule has 1 amide bonds. The van der Waals surface area contributed by atoms with E-state index in [0.717, 1.165) is 11.6 Å². The minimum atomic E-state index is -0.257. The SMILES string of the molecule is CNC(=O)C1CN2CC(C)(C)C(C(=O)OC(C)C)=C2S1. The van der Waals surface area contributed by atoms with E-state index in [0.29, 0.717) is 12.1 Å². The molecule has 0 spiro atoms. The summed E-state index contributed by atoms with van der Waals surface area (Å²) in [5.74, 6) is -0.251. The third kappa shape index (κ3) is 2.66. The van der Waals surface area contributed by atoms with Crippen LogP contribution in [0.3, 0.4) is 0 Å². The van der Waals surface area contributed by atoms with E-state index in [4.69, 9.17) is 4.74 Å². The van der Waals surface area contributed by atoms with E-state index < -0.39 is 0 Å². The van der Waals surface area contributed by atoms with Crippen molar-refractivity contribution in [3.8, 4) is 0 Å². The second-order valence-corrected chi connectivity index (χ2v) is 7.31. The summed E-state index contributed by atoms with van der Waals surface area (Å²) < 4.78 is 5.36. The van der Waals surface area contributed by atoms with Gasteiger partial charge in [-0.1, -0.05) is 25.6 Å². The molecule has 2 rings (SSSR count). The predicted octanol–water partition coefficient (Wildman–Crippen LogP) is 1.35. The van der Waals surface area contributed by atoms with Crippen molar-refractivity contribution in [3.05, 3.63) is 10.6 Å². The first-order chi connectivity index (χ1) is 9.26. The molecule has 1 fully saturated rings. The van der Waals surface area contributed by atoms with Gasteiger partial charge in [0.2, 0.25) is 5.91 Å². The van der Waals surface area contributed by atoms with Gasteiger partial charge in [-0.25, -0.2) is 4.79 Å². The molecule has 1 unspecified atom stereocenters. The molecule has 0 aromatic carbocycles. The highest BCUT2D eigenvalue weighted by molar-refractivity contribution is 8.04. The van der Waals surface area contributed by atoms with Crippen LogP contribution in [0.1, 0.15) is 27.7 Å². The average Bonchev–Trinajstić information content (AvgIpc) is 2.79. The fourth-order valence-corrected chi connectivity index (χ4v) is 4.18. The first-order valence-electron chi connectivity index (χ1n) is 6.85. The topological polar surface area (TPSA) is 58.6 Å². The third-order valence-electron chi connectivity index (χ3n) is 3.49. The van der Waals surface area contributed by atoms with Crippen LogP contribution >= 0.6 is 11.8 Å². The largest absolute Gasteiger partial charge is 0.460 e. The average molecular weight is 298 g/mol. The lowest BCUT2D eigenvalue weighted by Gasteiger charge is -2.23. The second-order valence-electron chi connectivity index (χ2n) is 6.12. The molecule has 1 saturated heterocycles. The maximum Gasteiger partial charge on any atom is 0.337 e. The van der Waals surface area contributed by atoms with Gasteiger partial charge in [0.25, 0.3) is 0 Å². The monoisotopic (exact) mass is 298 g/mol. The number of amides is 1. The normalized spacial score (nSPS) is 24.1. The molecule has 112 valence electrons. The number of nitrogens with zero attached hydrogens (tertiary/aromatic N) is 1. The minimum absolute atomic E-state index is 0.00582. The molecular formula is C14H22N2O3S. The summed E-state index contributed by atoms with van der Waals surface area (Å²) in [4.78, 5) is 26.2. The number of carbonyl (C=O) groups excluding carboxylic acids is 2. The molecule has 0 aromatic heterocycles. The van der Waals surface area contributed by atoms with Gasteiger partial charge in [-0.15, -0.1) is 0 Å². The van der Waals surface area contributed by atoms with E-state index in [1.54, 1.807) is 7.05 Å². The molecule has 2 aliphatic rings. The number of carbonyl (C=O) groups is 2. The van der Waals surface area contributed by atoms with Gasteiger partial charge >= 0.3 is 5.97 Å². The Morgan fingerprint density at radius 3 is 2.65 bits per heavy atom. The van der Waals surface area contributed by atoms with Gasteiger partial charge in [-0.2, -0.15) is 0 Å². The van der Waals surface area contributed by atoms with Crippen LogP contribution in [0.25, 0.3) is 0 Å². The molecule has 2 aliphatic heterocycles. The van der Waals surface area contributed by atoms with Crippen molar-refractivity contribution >= 4 is 23.6 Å². The number of esters is 1. The molecule has 0 bridgehead atoms. The lowest BCUT2D eigenvalue weighted by molar-refractivity contribution is -0.143. The van der Waals surface area contributed by atoms with E-state index in [2.05, 4.69) is 10.2 Å². The summed E-state index contributed by atoms with van der Waals surface area (Å²) in [7, 11) is 1.64. The van der Waals surface area contributed by atoms with Crippen molar-refractivity contribution in [1.82, 2.24) is 10.2 Å². The molecule has 0 aromatic rings. The van der Waals surface area contributed by atoms with Crippen molar-refractivity contribution in [3.63, 3.8) is 0 Å². The molecule has 6 heteroatoms. The van der Waals surface area contributed by atoms with Gasteiger partial charge in [0.1, 0.15) is 5.25 Å². The second kappa shape index (κ2) is 5.31. The summed E-state index contributed by atoms with van der Waals surface area (Å²) in [5.41, 5.74) is 0.477.